The van der Waals surface area contributed by atoms with Crippen LogP contribution in [-0.2, 0) is 7.05 Å². The van der Waals surface area contributed by atoms with E-state index < -0.39 is 0 Å². The summed E-state index contributed by atoms with van der Waals surface area (Å²) in [7, 11) is 1.81. The summed E-state index contributed by atoms with van der Waals surface area (Å²) in [4.78, 5) is 0. The summed E-state index contributed by atoms with van der Waals surface area (Å²) in [6, 6.07) is 11.7. The molecule has 0 unspecified atom stereocenters. The first kappa shape index (κ1) is 13.9. The van der Waals surface area contributed by atoms with Crippen molar-refractivity contribution in [2.75, 3.05) is 0 Å². The van der Waals surface area contributed by atoms with Crippen molar-refractivity contribution >= 4 is 21.9 Å². The highest BCUT2D eigenvalue weighted by molar-refractivity contribution is 6.06. The van der Waals surface area contributed by atoms with E-state index in [1.165, 1.54) is 24.4 Å². The van der Waals surface area contributed by atoms with Gasteiger partial charge in [-0.25, -0.2) is 8.78 Å². The van der Waals surface area contributed by atoms with E-state index in [2.05, 4.69) is 0 Å². The maximum Gasteiger partial charge on any atom is 0.212 e. The number of pyridine rings is 1. The second-order valence-corrected chi connectivity index (χ2v) is 5.75. The highest BCUT2D eigenvalue weighted by atomic mass is 19.1. The van der Waals surface area contributed by atoms with Gasteiger partial charge in [-0.3, -0.25) is 0 Å². The Hall–Kier alpha value is -2.75. The molecule has 2 aromatic carbocycles. The topological polar surface area (TPSA) is 17.0 Å². The zero-order valence-corrected chi connectivity index (χ0v) is 12.7. The molecule has 0 saturated carbocycles. The van der Waals surface area contributed by atoms with Gasteiger partial charge in [-0.2, -0.15) is 4.57 Å². The second-order valence-electron chi connectivity index (χ2n) is 5.75. The van der Waals surface area contributed by atoms with Gasteiger partial charge in [-0.15, -0.1) is 0 Å². The third-order valence-corrected chi connectivity index (χ3v) is 4.15. The average Bonchev–Trinajstić information content (AvgIpc) is 2.83. The molecule has 4 rings (SSSR count). The summed E-state index contributed by atoms with van der Waals surface area (Å²) in [5, 5.41) is 1.79. The fourth-order valence-corrected chi connectivity index (χ4v) is 3.03. The first-order valence-electron chi connectivity index (χ1n) is 7.31. The summed E-state index contributed by atoms with van der Waals surface area (Å²) in [6.45, 7) is 1.98. The molecule has 0 spiro atoms. The van der Waals surface area contributed by atoms with Crippen molar-refractivity contribution in [3.05, 3.63) is 65.9 Å². The molecule has 2 heterocycles. The van der Waals surface area contributed by atoms with E-state index in [0.717, 1.165) is 33.2 Å². The van der Waals surface area contributed by atoms with E-state index >= 15 is 0 Å². The summed E-state index contributed by atoms with van der Waals surface area (Å²) >= 11 is 0. The lowest BCUT2D eigenvalue weighted by molar-refractivity contribution is -0.661. The molecule has 4 aromatic rings. The van der Waals surface area contributed by atoms with Gasteiger partial charge in [0.05, 0.1) is 0 Å². The minimum Gasteiger partial charge on any atom is -0.456 e. The normalized spacial score (nSPS) is 11.5. The Morgan fingerprint density at radius 2 is 1.61 bits per heavy atom. The number of nitrogens with zero attached hydrogens (tertiary/aromatic N) is 1. The third-order valence-electron chi connectivity index (χ3n) is 4.15. The molecule has 0 aliphatic rings. The van der Waals surface area contributed by atoms with Crippen LogP contribution in [0.2, 0.25) is 0 Å². The van der Waals surface area contributed by atoms with Crippen molar-refractivity contribution in [3.63, 3.8) is 0 Å². The van der Waals surface area contributed by atoms with Gasteiger partial charge in [-0.05, 0) is 42.8 Å². The van der Waals surface area contributed by atoms with Crippen LogP contribution in [0.25, 0.3) is 33.2 Å². The van der Waals surface area contributed by atoms with Crippen molar-refractivity contribution in [1.29, 1.82) is 0 Å². The minimum absolute atomic E-state index is 0.279. The van der Waals surface area contributed by atoms with Crippen molar-refractivity contribution in [1.82, 2.24) is 0 Å². The van der Waals surface area contributed by atoms with Gasteiger partial charge in [-0.1, -0.05) is 0 Å². The third kappa shape index (κ3) is 2.18. The quantitative estimate of drug-likeness (QED) is 0.467. The van der Waals surface area contributed by atoms with Crippen molar-refractivity contribution in [3.8, 4) is 11.3 Å². The number of aromatic nitrogens is 1. The SMILES string of the molecule is Cc1cc2oc3cc(F)ccc3c2cc1-c1ccc(F)c[n+]1C. The molecule has 0 aliphatic heterocycles. The molecule has 2 aromatic heterocycles. The van der Waals surface area contributed by atoms with Crippen LogP contribution in [0, 0.1) is 18.6 Å². The Bertz CT molecular complexity index is 1070. The lowest BCUT2D eigenvalue weighted by atomic mass is 10.0. The molecule has 0 N–H and O–H groups in total. The number of benzene rings is 2. The summed E-state index contributed by atoms with van der Waals surface area (Å²) in [5.41, 5.74) is 4.16. The Kier molecular flexibility index (Phi) is 2.94. The van der Waals surface area contributed by atoms with Crippen molar-refractivity contribution < 1.29 is 17.8 Å². The van der Waals surface area contributed by atoms with E-state index in [0.29, 0.717) is 5.58 Å². The van der Waals surface area contributed by atoms with E-state index in [4.69, 9.17) is 4.42 Å². The zero-order valence-electron chi connectivity index (χ0n) is 12.7. The number of fused-ring (bicyclic) bond motifs is 3. The van der Waals surface area contributed by atoms with Gasteiger partial charge in [0.15, 0.2) is 5.82 Å². The van der Waals surface area contributed by atoms with Gasteiger partial charge in [0, 0.05) is 28.5 Å². The first-order chi connectivity index (χ1) is 11.0. The highest BCUT2D eigenvalue weighted by Crippen LogP contribution is 2.34. The Labute approximate surface area is 131 Å². The molecule has 0 amide bonds. The minimum atomic E-state index is -0.321. The van der Waals surface area contributed by atoms with Gasteiger partial charge >= 0.3 is 0 Å². The van der Waals surface area contributed by atoms with Crippen LogP contribution in [-0.4, -0.2) is 0 Å². The molecule has 0 aliphatic carbocycles. The molecule has 4 heteroatoms. The lowest BCUT2D eigenvalue weighted by Crippen LogP contribution is -2.31. The van der Waals surface area contributed by atoms with Gasteiger partial charge in [0.1, 0.15) is 24.0 Å². The standard InChI is InChI=1S/C19H14F2NO/c1-11-7-18-16(14-5-3-12(20)8-19(14)23-18)9-15(11)17-6-4-13(21)10-22(17)2/h3-10H,1-2H3/q+1. The van der Waals surface area contributed by atoms with Crippen molar-refractivity contribution in [2.45, 2.75) is 6.92 Å². The Balaban J connectivity index is 2.04. The molecule has 23 heavy (non-hydrogen) atoms. The average molecular weight is 310 g/mol. The summed E-state index contributed by atoms with van der Waals surface area (Å²) in [6.07, 6.45) is 1.45. The Morgan fingerprint density at radius 3 is 2.39 bits per heavy atom. The van der Waals surface area contributed by atoms with Crippen LogP contribution in [0.4, 0.5) is 8.78 Å². The fraction of sp³-hybridized carbons (Fsp3) is 0.105. The number of halogens is 2. The number of furan rings is 1. The number of aryl methyl sites for hydroxylation is 2. The monoisotopic (exact) mass is 310 g/mol. The fourth-order valence-electron chi connectivity index (χ4n) is 3.03. The van der Waals surface area contributed by atoms with Gasteiger partial charge in [0.25, 0.3) is 0 Å². The maximum atomic E-state index is 13.4. The van der Waals surface area contributed by atoms with Crippen LogP contribution in [0.3, 0.4) is 0 Å². The van der Waals surface area contributed by atoms with Crippen LogP contribution in [0.15, 0.2) is 53.1 Å². The van der Waals surface area contributed by atoms with E-state index in [1.54, 1.807) is 16.7 Å². The first-order valence-corrected chi connectivity index (χ1v) is 7.31. The highest BCUT2D eigenvalue weighted by Gasteiger charge is 2.17. The number of hydrogen-bond acceptors (Lipinski definition) is 1. The summed E-state index contributed by atoms with van der Waals surface area (Å²) < 4.78 is 34.2. The molecule has 0 atom stereocenters. The molecular formula is C19H14F2NO+. The van der Waals surface area contributed by atoms with Crippen LogP contribution in [0.5, 0.6) is 0 Å². The molecule has 0 saturated heterocycles. The molecular weight excluding hydrogens is 296 g/mol. The Morgan fingerprint density at radius 1 is 0.870 bits per heavy atom. The molecule has 114 valence electrons. The molecule has 0 bridgehead atoms. The number of rotatable bonds is 1. The predicted octanol–water partition coefficient (Wildman–Crippen LogP) is 4.66. The predicted molar refractivity (Wildman–Crippen MR) is 85.0 cm³/mol. The summed E-state index contributed by atoms with van der Waals surface area (Å²) in [5.74, 6) is -0.599. The lowest BCUT2D eigenvalue weighted by Gasteiger charge is -2.04. The zero-order chi connectivity index (χ0) is 16.1. The second kappa shape index (κ2) is 4.88. The van der Waals surface area contributed by atoms with Crippen LogP contribution >= 0.6 is 0 Å². The van der Waals surface area contributed by atoms with E-state index in [-0.39, 0.29) is 11.6 Å². The molecule has 0 radical (unpaired) electrons. The van der Waals surface area contributed by atoms with Crippen molar-refractivity contribution in [2.24, 2.45) is 7.05 Å². The largest absolute Gasteiger partial charge is 0.456 e. The van der Waals surface area contributed by atoms with E-state index in [9.17, 15) is 8.78 Å². The van der Waals surface area contributed by atoms with E-state index in [1.807, 2.05) is 26.1 Å². The number of hydrogen-bond donors (Lipinski definition) is 0. The van der Waals surface area contributed by atoms with Crippen LogP contribution < -0.4 is 4.57 Å². The molecule has 2 nitrogen and oxygen atoms in total. The van der Waals surface area contributed by atoms with Crippen LogP contribution in [0.1, 0.15) is 5.56 Å². The molecule has 0 fully saturated rings. The maximum absolute atomic E-state index is 13.4. The van der Waals surface area contributed by atoms with Gasteiger partial charge in [0.2, 0.25) is 11.9 Å². The smallest absolute Gasteiger partial charge is 0.212 e. The van der Waals surface area contributed by atoms with Gasteiger partial charge < -0.3 is 4.42 Å².